The lowest BCUT2D eigenvalue weighted by Gasteiger charge is -2.35. The molecule has 304 valence electrons. The SMILES string of the molecule is C/C=C/N1C[C@H]2C[C@@H]1CN2C.CC1COC(=O)CN1c1cccc(N2c3nc(Nc4ccc(N5C[C@H]6CC5CN6C)c(F)c4)ncc3C3CCOC(C)(C)CC32)n1. The van der Waals surface area contributed by atoms with E-state index in [4.69, 9.17) is 24.4 Å². The van der Waals surface area contributed by atoms with Crippen molar-refractivity contribution in [1.82, 2.24) is 29.7 Å². The molecule has 4 unspecified atom stereocenters. The topological polar surface area (TPSA) is 106 Å². The number of nitrogens with one attached hydrogen (secondary N) is 1. The number of morpholine rings is 1. The Morgan fingerprint density at radius 3 is 2.42 bits per heavy atom. The summed E-state index contributed by atoms with van der Waals surface area (Å²) in [5.41, 5.74) is 1.97. The van der Waals surface area contributed by atoms with Gasteiger partial charge in [-0.1, -0.05) is 12.1 Å². The highest BCUT2D eigenvalue weighted by Gasteiger charge is 2.47. The van der Waals surface area contributed by atoms with Gasteiger partial charge in [-0.05, 0) is 104 Å². The second kappa shape index (κ2) is 15.0. The summed E-state index contributed by atoms with van der Waals surface area (Å²) >= 11 is 0. The minimum absolute atomic E-state index is 0.0103. The molecule has 6 fully saturated rings. The van der Waals surface area contributed by atoms with E-state index < -0.39 is 0 Å². The number of rotatable bonds is 6. The fourth-order valence-electron chi connectivity index (χ4n) is 10.4. The number of cyclic esters (lactones) is 1. The van der Waals surface area contributed by atoms with Crippen LogP contribution >= 0.6 is 0 Å². The zero-order chi connectivity index (χ0) is 39.6. The van der Waals surface area contributed by atoms with Crippen LogP contribution in [0, 0.1) is 5.82 Å². The summed E-state index contributed by atoms with van der Waals surface area (Å²) in [5.74, 6) is 2.31. The highest BCUT2D eigenvalue weighted by Crippen LogP contribution is 2.50. The number of carbonyl (C=O) groups excluding carboxylic acids is 1. The molecule has 4 bridgehead atoms. The minimum atomic E-state index is -0.333. The highest BCUT2D eigenvalue weighted by atomic mass is 19.1. The average Bonchev–Trinajstić information content (AvgIpc) is 3.99. The maximum absolute atomic E-state index is 15.5. The molecular weight excluding hydrogens is 724 g/mol. The van der Waals surface area contributed by atoms with Crippen molar-refractivity contribution in [2.75, 3.05) is 80.0 Å². The first kappa shape index (κ1) is 38.0. The van der Waals surface area contributed by atoms with Gasteiger partial charge in [0.1, 0.15) is 36.4 Å². The molecule has 7 atom stereocenters. The zero-order valence-corrected chi connectivity index (χ0v) is 34.1. The fourth-order valence-corrected chi connectivity index (χ4v) is 10.4. The molecule has 14 heteroatoms. The molecule has 9 heterocycles. The summed E-state index contributed by atoms with van der Waals surface area (Å²) in [6.45, 7) is 13.8. The van der Waals surface area contributed by atoms with Crippen LogP contribution < -0.4 is 20.0 Å². The van der Waals surface area contributed by atoms with Gasteiger partial charge in [-0.15, -0.1) is 0 Å². The average molecular weight is 781 g/mol. The largest absolute Gasteiger partial charge is 0.462 e. The molecule has 0 saturated carbocycles. The number of carbonyl (C=O) groups is 1. The molecule has 0 radical (unpaired) electrons. The summed E-state index contributed by atoms with van der Waals surface area (Å²) < 4.78 is 27.0. The summed E-state index contributed by atoms with van der Waals surface area (Å²) in [6, 6.07) is 13.8. The highest BCUT2D eigenvalue weighted by molar-refractivity contribution is 5.77. The van der Waals surface area contributed by atoms with Crippen molar-refractivity contribution in [2.45, 2.75) is 101 Å². The van der Waals surface area contributed by atoms with E-state index in [1.165, 1.54) is 19.5 Å². The van der Waals surface area contributed by atoms with Crippen LogP contribution in [0.4, 0.5) is 39.2 Å². The maximum Gasteiger partial charge on any atom is 0.325 e. The summed E-state index contributed by atoms with van der Waals surface area (Å²) in [4.78, 5) is 40.7. The van der Waals surface area contributed by atoms with E-state index in [0.717, 1.165) is 67.5 Å². The Hall–Kier alpha value is -4.53. The van der Waals surface area contributed by atoms with Crippen molar-refractivity contribution in [3.05, 3.63) is 66.3 Å². The summed E-state index contributed by atoms with van der Waals surface area (Å²) in [7, 11) is 4.38. The first-order chi connectivity index (χ1) is 27.4. The van der Waals surface area contributed by atoms with Gasteiger partial charge in [-0.3, -0.25) is 14.6 Å². The normalized spacial score (nSPS) is 30.4. The molecule has 57 heavy (non-hydrogen) atoms. The van der Waals surface area contributed by atoms with Gasteiger partial charge in [0.25, 0.3) is 0 Å². The summed E-state index contributed by atoms with van der Waals surface area (Å²) in [5, 5.41) is 3.27. The molecule has 7 aliphatic rings. The number of likely N-dealkylation sites (N-methyl/N-ethyl adjacent to an activating group) is 2. The van der Waals surface area contributed by atoms with Crippen molar-refractivity contribution in [3.8, 4) is 0 Å². The van der Waals surface area contributed by atoms with Crippen molar-refractivity contribution >= 4 is 40.7 Å². The van der Waals surface area contributed by atoms with Gasteiger partial charge in [0.2, 0.25) is 5.95 Å². The van der Waals surface area contributed by atoms with Crippen LogP contribution in [0.25, 0.3) is 0 Å². The van der Waals surface area contributed by atoms with Crippen LogP contribution in [0.1, 0.15) is 64.9 Å². The van der Waals surface area contributed by atoms with Gasteiger partial charge in [0.15, 0.2) is 0 Å². The van der Waals surface area contributed by atoms with Crippen molar-refractivity contribution in [2.24, 2.45) is 0 Å². The third kappa shape index (κ3) is 7.29. The second-order valence-corrected chi connectivity index (χ2v) is 17.7. The number of hydrogen-bond donors (Lipinski definition) is 1. The molecule has 10 rings (SSSR count). The molecule has 1 N–H and O–H groups in total. The standard InChI is InChI=1S/C34H41FN8O3.C9H16N2/c1-20-19-45-31(44)18-41(20)29-6-5-7-30(38-29)43-28-14-34(2,3)46-11-10-24(28)25-15-36-33(39-32(25)43)37-21-8-9-27(26(35)12-21)42-17-22-13-23(42)16-40(22)4;1-3-4-11-7-8-5-9(11)6-10(8)2/h5-9,12,15,20,22-24,28H,10-11,13-14,16-19H2,1-4H3,(H,36,37,39);3-4,8-9H,5-7H2,1-2H3/b;4-3+/t20?,22-,23?,24?,28?;8-,9-/m11/s1. The lowest BCUT2D eigenvalue weighted by atomic mass is 9.88. The fraction of sp³-hybridized carbons (Fsp3) is 0.581. The van der Waals surface area contributed by atoms with Gasteiger partial charge >= 0.3 is 5.97 Å². The second-order valence-electron chi connectivity index (χ2n) is 17.7. The molecule has 1 aromatic carbocycles. The number of esters is 1. The zero-order valence-electron chi connectivity index (χ0n) is 34.1. The molecule has 0 amide bonds. The molecule has 0 spiro atoms. The van der Waals surface area contributed by atoms with Crippen molar-refractivity contribution in [1.29, 1.82) is 0 Å². The number of allylic oxidation sites excluding steroid dienone is 1. The van der Waals surface area contributed by atoms with E-state index in [1.807, 2.05) is 48.4 Å². The van der Waals surface area contributed by atoms with E-state index in [1.54, 1.807) is 6.07 Å². The Morgan fingerprint density at radius 1 is 0.947 bits per heavy atom. The van der Waals surface area contributed by atoms with Crippen LogP contribution in [0.5, 0.6) is 0 Å². The van der Waals surface area contributed by atoms with E-state index in [-0.39, 0.29) is 41.9 Å². The number of likely N-dealkylation sites (tertiary alicyclic amines) is 3. The first-order valence-corrected chi connectivity index (χ1v) is 20.8. The molecule has 0 aliphatic carbocycles. The Balaban J connectivity index is 0.000000330. The van der Waals surface area contributed by atoms with Gasteiger partial charge in [-0.2, -0.15) is 4.98 Å². The Morgan fingerprint density at radius 2 is 1.72 bits per heavy atom. The number of nitrogens with zero attached hydrogens (tertiary/aromatic N) is 9. The number of ether oxygens (including phenoxy) is 2. The van der Waals surface area contributed by atoms with Crippen molar-refractivity contribution < 1.29 is 18.7 Å². The van der Waals surface area contributed by atoms with Crippen LogP contribution in [-0.4, -0.2) is 138 Å². The Labute approximate surface area is 335 Å². The minimum Gasteiger partial charge on any atom is -0.462 e. The maximum atomic E-state index is 15.5. The first-order valence-electron chi connectivity index (χ1n) is 20.8. The molecule has 7 aliphatic heterocycles. The smallest absolute Gasteiger partial charge is 0.325 e. The van der Waals surface area contributed by atoms with Gasteiger partial charge in [0.05, 0.1) is 17.3 Å². The molecule has 2 aromatic heterocycles. The number of halogens is 1. The van der Waals surface area contributed by atoms with Crippen molar-refractivity contribution in [3.63, 3.8) is 0 Å². The number of fused-ring (bicyclic) bond motifs is 7. The number of hydrogen-bond acceptors (Lipinski definition) is 13. The quantitative estimate of drug-likeness (QED) is 0.319. The van der Waals surface area contributed by atoms with Gasteiger partial charge < -0.3 is 34.4 Å². The van der Waals surface area contributed by atoms with E-state index in [0.29, 0.717) is 42.6 Å². The third-order valence-corrected chi connectivity index (χ3v) is 13.3. The molecule has 13 nitrogen and oxygen atoms in total. The van der Waals surface area contributed by atoms with E-state index in [9.17, 15) is 4.79 Å². The monoisotopic (exact) mass is 780 g/mol. The van der Waals surface area contributed by atoms with Crippen LogP contribution in [0.3, 0.4) is 0 Å². The molecular formula is C43H57FN10O3. The Bertz CT molecular complexity index is 2010. The van der Waals surface area contributed by atoms with E-state index >= 15 is 4.39 Å². The number of anilines is 6. The van der Waals surface area contributed by atoms with Crippen LogP contribution in [-0.2, 0) is 14.3 Å². The number of pyridine rings is 1. The molecule has 6 saturated heterocycles. The van der Waals surface area contributed by atoms with Crippen LogP contribution in [0.2, 0.25) is 0 Å². The predicted molar refractivity (Wildman–Crippen MR) is 220 cm³/mol. The lowest BCUT2D eigenvalue weighted by Crippen LogP contribution is -2.46. The number of piperazine rings is 2. The van der Waals surface area contributed by atoms with E-state index in [2.05, 4.69) is 77.0 Å². The van der Waals surface area contributed by atoms with Gasteiger partial charge in [-0.25, -0.2) is 14.4 Å². The molecule has 3 aromatic rings. The lowest BCUT2D eigenvalue weighted by molar-refractivity contribution is -0.145. The summed E-state index contributed by atoms with van der Waals surface area (Å²) in [6.07, 6.45) is 10.3. The van der Waals surface area contributed by atoms with Crippen LogP contribution in [0.15, 0.2) is 54.9 Å². The Kier molecular flexibility index (Phi) is 10.0. The number of benzene rings is 1. The third-order valence-electron chi connectivity index (χ3n) is 13.3. The van der Waals surface area contributed by atoms with Gasteiger partial charge in [0, 0.05) is 86.4 Å². The number of aromatic nitrogens is 3. The predicted octanol–water partition coefficient (Wildman–Crippen LogP) is 5.50.